The van der Waals surface area contributed by atoms with Gasteiger partial charge in [0.15, 0.2) is 0 Å². The van der Waals surface area contributed by atoms with Gasteiger partial charge in [-0.05, 0) is 37.3 Å². The van der Waals surface area contributed by atoms with Gasteiger partial charge in [-0.15, -0.1) is 0 Å². The van der Waals surface area contributed by atoms with Gasteiger partial charge in [0.1, 0.15) is 17.2 Å². The lowest BCUT2D eigenvalue weighted by Gasteiger charge is -2.18. The quantitative estimate of drug-likeness (QED) is 0.772. The molecule has 130 valence electrons. The fourth-order valence-electron chi connectivity index (χ4n) is 3.03. The zero-order chi connectivity index (χ0) is 18.0. The fourth-order valence-corrected chi connectivity index (χ4v) is 3.03. The second-order valence-corrected chi connectivity index (χ2v) is 5.95. The minimum absolute atomic E-state index is 0.129. The molecule has 0 radical (unpaired) electrons. The number of amides is 1. The lowest BCUT2D eigenvalue weighted by Crippen LogP contribution is -2.28. The molecule has 0 aliphatic carbocycles. The Bertz CT molecular complexity index is 914. The Morgan fingerprint density at radius 1 is 1.08 bits per heavy atom. The summed E-state index contributed by atoms with van der Waals surface area (Å²) in [6.07, 6.45) is 0. The highest BCUT2D eigenvalue weighted by Gasteiger charge is 2.19. The van der Waals surface area contributed by atoms with Crippen molar-refractivity contribution in [1.82, 2.24) is 9.88 Å². The molecule has 0 aliphatic heterocycles. The van der Waals surface area contributed by atoms with Gasteiger partial charge >= 0.3 is 0 Å². The predicted octanol–water partition coefficient (Wildman–Crippen LogP) is 3.69. The maximum atomic E-state index is 12.8. The Kier molecular flexibility index (Phi) is 4.65. The van der Waals surface area contributed by atoms with Gasteiger partial charge in [-0.2, -0.15) is 0 Å². The van der Waals surface area contributed by atoms with Crippen molar-refractivity contribution in [3.05, 3.63) is 59.8 Å². The Morgan fingerprint density at radius 2 is 1.84 bits per heavy atom. The van der Waals surface area contributed by atoms with Crippen LogP contribution in [-0.4, -0.2) is 24.7 Å². The van der Waals surface area contributed by atoms with Crippen molar-refractivity contribution < 1.29 is 14.3 Å². The molecule has 0 bridgehead atoms. The summed E-state index contributed by atoms with van der Waals surface area (Å²) in [5.41, 5.74) is 2.52. The number of para-hydroxylation sites is 1. The average molecular weight is 338 g/mol. The Balaban J connectivity index is 1.88. The van der Waals surface area contributed by atoms with Crippen molar-refractivity contribution >= 4 is 16.8 Å². The molecule has 1 amide bonds. The minimum atomic E-state index is -0.226. The van der Waals surface area contributed by atoms with E-state index in [9.17, 15) is 4.79 Å². The molecule has 5 heteroatoms. The van der Waals surface area contributed by atoms with E-state index in [1.807, 2.05) is 67.1 Å². The largest absolute Gasteiger partial charge is 0.497 e. The summed E-state index contributed by atoms with van der Waals surface area (Å²) in [5.74, 6) is 1.31. The molecule has 1 atom stereocenters. The van der Waals surface area contributed by atoms with Crippen LogP contribution in [0.4, 0.5) is 0 Å². The molecule has 0 aliphatic rings. The molecule has 0 saturated heterocycles. The van der Waals surface area contributed by atoms with Crippen LogP contribution in [0, 0.1) is 0 Å². The van der Waals surface area contributed by atoms with E-state index in [0.29, 0.717) is 11.4 Å². The van der Waals surface area contributed by atoms with E-state index in [1.165, 1.54) is 0 Å². The van der Waals surface area contributed by atoms with Gasteiger partial charge in [0.25, 0.3) is 5.91 Å². The third-order valence-electron chi connectivity index (χ3n) is 4.44. The number of hydrogen-bond donors (Lipinski definition) is 1. The molecule has 1 aromatic heterocycles. The van der Waals surface area contributed by atoms with Crippen molar-refractivity contribution in [3.8, 4) is 11.5 Å². The number of nitrogens with zero attached hydrogens (tertiary/aromatic N) is 1. The topological polar surface area (TPSA) is 52.5 Å². The summed E-state index contributed by atoms with van der Waals surface area (Å²) >= 11 is 0. The molecule has 0 spiro atoms. The Labute approximate surface area is 147 Å². The molecule has 3 rings (SSSR count). The fraction of sp³-hybridized carbons (Fsp3) is 0.250. The highest BCUT2D eigenvalue weighted by Crippen LogP contribution is 2.29. The van der Waals surface area contributed by atoms with Crippen LogP contribution < -0.4 is 14.8 Å². The smallest absolute Gasteiger partial charge is 0.268 e. The number of aryl methyl sites for hydroxylation is 1. The van der Waals surface area contributed by atoms with Crippen LogP contribution in [0.15, 0.2) is 48.5 Å². The van der Waals surface area contributed by atoms with E-state index >= 15 is 0 Å². The van der Waals surface area contributed by atoms with Crippen LogP contribution in [0.3, 0.4) is 0 Å². The molecule has 25 heavy (non-hydrogen) atoms. The molecule has 3 aromatic rings. The van der Waals surface area contributed by atoms with Gasteiger partial charge in [0.05, 0.1) is 20.3 Å². The van der Waals surface area contributed by atoms with E-state index < -0.39 is 0 Å². The Morgan fingerprint density at radius 3 is 2.52 bits per heavy atom. The number of carbonyl (C=O) groups is 1. The highest BCUT2D eigenvalue weighted by atomic mass is 16.5. The molecule has 0 saturated carbocycles. The third kappa shape index (κ3) is 3.18. The number of aromatic nitrogens is 1. The summed E-state index contributed by atoms with van der Waals surface area (Å²) in [7, 11) is 5.13. The number of nitrogens with one attached hydrogen (secondary N) is 1. The number of fused-ring (bicyclic) bond motifs is 1. The average Bonchev–Trinajstić information content (AvgIpc) is 2.98. The van der Waals surface area contributed by atoms with E-state index in [2.05, 4.69) is 5.32 Å². The standard InChI is InChI=1S/C20H22N2O3/c1-13(16-12-15(24-3)9-10-19(16)25-4)21-20(23)18-11-14-7-5-6-8-17(14)22(18)2/h5-13H,1-4H3,(H,21,23). The second-order valence-electron chi connectivity index (χ2n) is 5.95. The number of methoxy groups -OCH3 is 2. The lowest BCUT2D eigenvalue weighted by molar-refractivity contribution is 0.0931. The van der Waals surface area contributed by atoms with Gasteiger partial charge in [0.2, 0.25) is 0 Å². The molecule has 1 heterocycles. The molecule has 2 aromatic carbocycles. The van der Waals surface area contributed by atoms with Gasteiger partial charge in [-0.1, -0.05) is 18.2 Å². The van der Waals surface area contributed by atoms with Gasteiger partial charge < -0.3 is 19.4 Å². The van der Waals surface area contributed by atoms with Crippen molar-refractivity contribution in [2.45, 2.75) is 13.0 Å². The molecule has 1 unspecified atom stereocenters. The molecule has 1 N–H and O–H groups in total. The maximum Gasteiger partial charge on any atom is 0.268 e. The van der Waals surface area contributed by atoms with E-state index in [-0.39, 0.29) is 11.9 Å². The maximum absolute atomic E-state index is 12.8. The first-order valence-electron chi connectivity index (χ1n) is 8.12. The number of carbonyl (C=O) groups excluding carboxylic acids is 1. The van der Waals surface area contributed by atoms with Gasteiger partial charge in [0, 0.05) is 23.5 Å². The first kappa shape index (κ1) is 16.9. The van der Waals surface area contributed by atoms with Gasteiger partial charge in [-0.25, -0.2) is 0 Å². The summed E-state index contributed by atoms with van der Waals surface area (Å²) in [6, 6.07) is 15.2. The van der Waals surface area contributed by atoms with Crippen LogP contribution in [0.25, 0.3) is 10.9 Å². The van der Waals surface area contributed by atoms with Crippen molar-refractivity contribution in [3.63, 3.8) is 0 Å². The SMILES string of the molecule is COc1ccc(OC)c(C(C)NC(=O)c2cc3ccccc3n2C)c1. The number of hydrogen-bond acceptors (Lipinski definition) is 3. The molecular weight excluding hydrogens is 316 g/mol. The highest BCUT2D eigenvalue weighted by molar-refractivity contribution is 5.98. The van der Waals surface area contributed by atoms with Crippen LogP contribution in [0.5, 0.6) is 11.5 Å². The lowest BCUT2D eigenvalue weighted by atomic mass is 10.1. The molecule has 5 nitrogen and oxygen atoms in total. The minimum Gasteiger partial charge on any atom is -0.497 e. The van der Waals surface area contributed by atoms with Crippen LogP contribution in [0.1, 0.15) is 29.0 Å². The number of rotatable bonds is 5. The Hall–Kier alpha value is -2.95. The zero-order valence-electron chi connectivity index (χ0n) is 14.9. The summed E-state index contributed by atoms with van der Waals surface area (Å²) in [5, 5.41) is 4.09. The molecular formula is C20H22N2O3. The third-order valence-corrected chi connectivity index (χ3v) is 4.44. The van der Waals surface area contributed by atoms with Crippen LogP contribution >= 0.6 is 0 Å². The summed E-state index contributed by atoms with van der Waals surface area (Å²) < 4.78 is 12.6. The normalized spacial score (nSPS) is 12.0. The zero-order valence-corrected chi connectivity index (χ0v) is 14.9. The predicted molar refractivity (Wildman–Crippen MR) is 98.3 cm³/mol. The number of benzene rings is 2. The first-order chi connectivity index (χ1) is 12.0. The van der Waals surface area contributed by atoms with Crippen molar-refractivity contribution in [2.75, 3.05) is 14.2 Å². The number of ether oxygens (including phenoxy) is 2. The van der Waals surface area contributed by atoms with E-state index in [0.717, 1.165) is 22.2 Å². The van der Waals surface area contributed by atoms with E-state index in [4.69, 9.17) is 9.47 Å². The molecule has 0 fully saturated rings. The van der Waals surface area contributed by atoms with Crippen LogP contribution in [0.2, 0.25) is 0 Å². The van der Waals surface area contributed by atoms with Crippen molar-refractivity contribution in [2.24, 2.45) is 7.05 Å². The van der Waals surface area contributed by atoms with Gasteiger partial charge in [-0.3, -0.25) is 4.79 Å². The summed E-state index contributed by atoms with van der Waals surface area (Å²) in [6.45, 7) is 1.93. The van der Waals surface area contributed by atoms with Crippen molar-refractivity contribution in [1.29, 1.82) is 0 Å². The monoisotopic (exact) mass is 338 g/mol. The van der Waals surface area contributed by atoms with E-state index in [1.54, 1.807) is 14.2 Å². The second kappa shape index (κ2) is 6.89. The summed E-state index contributed by atoms with van der Waals surface area (Å²) in [4.78, 5) is 12.8. The first-order valence-corrected chi connectivity index (χ1v) is 8.12. The van der Waals surface area contributed by atoms with Crippen LogP contribution in [-0.2, 0) is 7.05 Å².